The molecule has 2 N–H and O–H groups in total. The molecule has 0 heterocycles. The van der Waals surface area contributed by atoms with Crippen molar-refractivity contribution in [2.24, 2.45) is 0 Å². The molecule has 14 nitrogen and oxygen atoms in total. The van der Waals surface area contributed by atoms with Gasteiger partial charge in [-0.05, 0) is 59.5 Å². The minimum atomic E-state index is -1.51. The second-order valence-electron chi connectivity index (χ2n) is 8.90. The first-order valence-electron chi connectivity index (χ1n) is 12.2. The lowest BCUT2D eigenvalue weighted by Gasteiger charge is -2.09. The van der Waals surface area contributed by atoms with Gasteiger partial charge in [-0.2, -0.15) is 4.89 Å². The van der Waals surface area contributed by atoms with E-state index in [9.17, 15) is 44.8 Å². The lowest BCUT2D eigenvalue weighted by molar-refractivity contribution is -0.385. The predicted molar refractivity (Wildman–Crippen MR) is 146 cm³/mol. The van der Waals surface area contributed by atoms with Gasteiger partial charge in [-0.15, -0.1) is 0 Å². The number of rotatable bonds is 12. The van der Waals surface area contributed by atoms with Crippen LogP contribution in [0.25, 0.3) is 0 Å². The Morgan fingerprint density at radius 1 is 0.651 bits per heavy atom. The average Bonchev–Trinajstić information content (AvgIpc) is 2.98. The first kappa shape index (κ1) is 29.8. The number of carboxylic acids is 2. The number of carboxylic acid groups (broad SMARTS) is 2. The lowest BCUT2D eigenvalue weighted by Crippen LogP contribution is -2.14. The van der Waals surface area contributed by atoms with Gasteiger partial charge in [-0.25, -0.2) is 14.4 Å². The van der Waals surface area contributed by atoms with E-state index in [0.717, 1.165) is 35.4 Å². The highest BCUT2D eigenvalue weighted by atomic mass is 17.2. The number of nitro benzene ring substituents is 2. The molecular formula is C29H20N2O12. The summed E-state index contributed by atoms with van der Waals surface area (Å²) in [4.78, 5) is 66.1. The van der Waals surface area contributed by atoms with E-state index < -0.39 is 39.0 Å². The number of non-ortho nitro benzene ring substituents is 2. The molecule has 0 unspecified atom stereocenters. The van der Waals surface area contributed by atoms with Crippen LogP contribution >= 0.6 is 0 Å². The van der Waals surface area contributed by atoms with Crippen LogP contribution in [0.3, 0.4) is 0 Å². The molecule has 4 aromatic carbocycles. The van der Waals surface area contributed by atoms with Gasteiger partial charge < -0.3 is 19.8 Å². The van der Waals surface area contributed by atoms with Crippen LogP contribution in [0.4, 0.5) is 11.4 Å². The summed E-state index contributed by atoms with van der Waals surface area (Å²) < 4.78 is 5.25. The van der Waals surface area contributed by atoms with E-state index in [2.05, 4.69) is 0 Å². The fourth-order valence-corrected chi connectivity index (χ4v) is 3.90. The molecule has 0 atom stereocenters. The number of esters is 1. The molecule has 0 fully saturated rings. The molecule has 0 amide bonds. The SMILES string of the molecule is O=C(O)c1cc([N+](=O)[O-])ccc1COOc1ccc(Cc2ccc(OC(=O)c3ccc([N+](=O)[O-])cc3C(=O)O)cc2)cc1. The Labute approximate surface area is 241 Å². The van der Waals surface area contributed by atoms with Gasteiger partial charge in [0.25, 0.3) is 11.4 Å². The normalized spacial score (nSPS) is 10.5. The zero-order valence-electron chi connectivity index (χ0n) is 21.9. The fraction of sp³-hybridized carbons (Fsp3) is 0.0690. The van der Waals surface area contributed by atoms with Gasteiger partial charge in [0.2, 0.25) is 0 Å². The predicted octanol–water partition coefficient (Wildman–Crippen LogP) is 5.22. The van der Waals surface area contributed by atoms with Crippen LogP contribution in [0.2, 0.25) is 0 Å². The Balaban J connectivity index is 1.33. The second kappa shape index (κ2) is 13.0. The summed E-state index contributed by atoms with van der Waals surface area (Å²) in [5.74, 6) is -3.36. The summed E-state index contributed by atoms with van der Waals surface area (Å²) in [6.07, 6.45) is 0.492. The summed E-state index contributed by atoms with van der Waals surface area (Å²) in [5.41, 5.74) is -0.0482. The third kappa shape index (κ3) is 7.53. The minimum absolute atomic E-state index is 0.142. The first-order valence-corrected chi connectivity index (χ1v) is 12.2. The summed E-state index contributed by atoms with van der Waals surface area (Å²) in [6, 6.07) is 19.5. The quantitative estimate of drug-likeness (QED) is 0.0718. The van der Waals surface area contributed by atoms with E-state index in [1.165, 1.54) is 24.3 Å². The van der Waals surface area contributed by atoms with Crippen LogP contribution in [-0.2, 0) is 17.9 Å². The molecule has 14 heteroatoms. The van der Waals surface area contributed by atoms with Crippen LogP contribution in [0.1, 0.15) is 47.8 Å². The Bertz CT molecular complexity index is 1720. The van der Waals surface area contributed by atoms with Crippen molar-refractivity contribution in [2.75, 3.05) is 0 Å². The molecule has 0 saturated carbocycles. The van der Waals surface area contributed by atoms with Gasteiger partial charge in [0.15, 0.2) is 5.75 Å². The van der Waals surface area contributed by atoms with Crippen molar-refractivity contribution < 1.29 is 49.0 Å². The number of hydrogen-bond acceptors (Lipinski definition) is 10. The molecule has 43 heavy (non-hydrogen) atoms. The van der Waals surface area contributed by atoms with Crippen LogP contribution in [-0.4, -0.2) is 38.0 Å². The number of benzene rings is 4. The number of nitrogens with zero attached hydrogens (tertiary/aromatic N) is 2. The van der Waals surface area contributed by atoms with Gasteiger partial charge in [-0.1, -0.05) is 24.3 Å². The molecule has 0 radical (unpaired) electrons. The van der Waals surface area contributed by atoms with E-state index in [1.807, 2.05) is 0 Å². The highest BCUT2D eigenvalue weighted by Gasteiger charge is 2.22. The highest BCUT2D eigenvalue weighted by Crippen LogP contribution is 2.23. The monoisotopic (exact) mass is 588 g/mol. The number of carbonyl (C=O) groups is 3. The molecule has 4 rings (SSSR count). The molecule has 218 valence electrons. The van der Waals surface area contributed by atoms with Crippen LogP contribution in [0.15, 0.2) is 84.9 Å². The van der Waals surface area contributed by atoms with Crippen molar-refractivity contribution in [1.29, 1.82) is 0 Å². The molecule has 0 spiro atoms. The third-order valence-electron chi connectivity index (χ3n) is 6.03. The fourth-order valence-electron chi connectivity index (χ4n) is 3.90. The van der Waals surface area contributed by atoms with Gasteiger partial charge >= 0.3 is 17.9 Å². The van der Waals surface area contributed by atoms with E-state index in [4.69, 9.17) is 14.5 Å². The van der Waals surface area contributed by atoms with Crippen molar-refractivity contribution in [2.45, 2.75) is 13.0 Å². The van der Waals surface area contributed by atoms with Crippen molar-refractivity contribution in [1.82, 2.24) is 0 Å². The number of carbonyl (C=O) groups excluding carboxylic acids is 1. The van der Waals surface area contributed by atoms with Crippen LogP contribution in [0, 0.1) is 20.2 Å². The zero-order chi connectivity index (χ0) is 31.1. The van der Waals surface area contributed by atoms with E-state index in [0.29, 0.717) is 12.2 Å². The number of nitro groups is 2. The topological polar surface area (TPSA) is 206 Å². The maximum absolute atomic E-state index is 12.5. The number of aromatic carboxylic acids is 2. The van der Waals surface area contributed by atoms with Gasteiger partial charge in [0.05, 0.1) is 26.5 Å². The maximum Gasteiger partial charge on any atom is 0.344 e. The lowest BCUT2D eigenvalue weighted by atomic mass is 10.0. The number of ether oxygens (including phenoxy) is 1. The number of hydrogen-bond donors (Lipinski definition) is 2. The minimum Gasteiger partial charge on any atom is -0.478 e. The Morgan fingerprint density at radius 3 is 1.70 bits per heavy atom. The van der Waals surface area contributed by atoms with E-state index in [-0.39, 0.29) is 34.7 Å². The molecule has 0 aromatic heterocycles. The Kier molecular flexibility index (Phi) is 9.02. The smallest absolute Gasteiger partial charge is 0.344 e. The highest BCUT2D eigenvalue weighted by molar-refractivity contribution is 6.03. The molecule has 0 aliphatic heterocycles. The van der Waals surface area contributed by atoms with Crippen LogP contribution < -0.4 is 9.62 Å². The molecular weight excluding hydrogens is 568 g/mol. The van der Waals surface area contributed by atoms with Gasteiger partial charge in [-0.3, -0.25) is 20.2 Å². The molecule has 0 saturated heterocycles. The molecule has 0 aliphatic carbocycles. The van der Waals surface area contributed by atoms with Crippen molar-refractivity contribution >= 4 is 29.3 Å². The van der Waals surface area contributed by atoms with Crippen molar-refractivity contribution in [3.63, 3.8) is 0 Å². The van der Waals surface area contributed by atoms with Gasteiger partial charge in [0, 0.05) is 24.3 Å². The summed E-state index contributed by atoms with van der Waals surface area (Å²) >= 11 is 0. The van der Waals surface area contributed by atoms with Crippen molar-refractivity contribution in [3.05, 3.63) is 139 Å². The molecule has 4 aromatic rings. The average molecular weight is 588 g/mol. The summed E-state index contributed by atoms with van der Waals surface area (Å²) in [7, 11) is 0. The van der Waals surface area contributed by atoms with Crippen molar-refractivity contribution in [3.8, 4) is 11.5 Å². The molecule has 0 bridgehead atoms. The van der Waals surface area contributed by atoms with Crippen LogP contribution in [0.5, 0.6) is 11.5 Å². The standard InChI is InChI=1S/C29H20N2O12/c32-27(33)25-14-20(30(37)38)6-5-19(25)16-41-43-23-10-3-18(4-11-23)13-17-1-8-22(9-2-17)42-29(36)24-12-7-21(31(39)40)15-26(24)28(34)35/h1-12,14-15H,13,16H2,(H,32,33)(H,34,35). The second-order valence-corrected chi connectivity index (χ2v) is 8.90. The first-order chi connectivity index (χ1) is 20.5. The third-order valence-corrected chi connectivity index (χ3v) is 6.03. The summed E-state index contributed by atoms with van der Waals surface area (Å²) in [5, 5.41) is 40.5. The Morgan fingerprint density at radius 2 is 1.16 bits per heavy atom. The molecule has 0 aliphatic rings. The summed E-state index contributed by atoms with van der Waals surface area (Å²) in [6.45, 7) is -0.264. The maximum atomic E-state index is 12.5. The Hall–Kier alpha value is -6.15. The van der Waals surface area contributed by atoms with Gasteiger partial charge in [0.1, 0.15) is 12.4 Å². The zero-order valence-corrected chi connectivity index (χ0v) is 21.9. The van der Waals surface area contributed by atoms with E-state index >= 15 is 0 Å². The van der Waals surface area contributed by atoms with E-state index in [1.54, 1.807) is 36.4 Å². The largest absolute Gasteiger partial charge is 0.478 e.